The van der Waals surface area contributed by atoms with Gasteiger partial charge < -0.3 is 4.74 Å². The van der Waals surface area contributed by atoms with E-state index in [0.717, 1.165) is 23.7 Å². The second-order valence-corrected chi connectivity index (χ2v) is 6.01. The first-order chi connectivity index (χ1) is 7.64. The summed E-state index contributed by atoms with van der Waals surface area (Å²) in [5.74, 6) is 0.0259. The van der Waals surface area contributed by atoms with Crippen LogP contribution in [0.3, 0.4) is 0 Å². The maximum Gasteiger partial charge on any atom is 0.204 e. The van der Waals surface area contributed by atoms with Gasteiger partial charge in [0.05, 0.1) is 0 Å². The Balaban J connectivity index is 2.14. The summed E-state index contributed by atoms with van der Waals surface area (Å²) in [6.07, 6.45) is 6.84. The van der Waals surface area contributed by atoms with Crippen molar-refractivity contribution in [1.82, 2.24) is 0 Å². The van der Waals surface area contributed by atoms with E-state index in [4.69, 9.17) is 14.5 Å². The second-order valence-electron chi connectivity index (χ2n) is 5.25. The van der Waals surface area contributed by atoms with Crippen LogP contribution in [0.15, 0.2) is 0 Å². The number of halogens is 1. The maximum atomic E-state index is 5.72. The van der Waals surface area contributed by atoms with Gasteiger partial charge in [0.25, 0.3) is 0 Å². The summed E-state index contributed by atoms with van der Waals surface area (Å²) >= 11 is 2.37. The van der Waals surface area contributed by atoms with Crippen LogP contribution in [0.25, 0.3) is 0 Å². The van der Waals surface area contributed by atoms with Crippen molar-refractivity contribution in [1.29, 1.82) is 0 Å². The van der Waals surface area contributed by atoms with Crippen molar-refractivity contribution < 1.29 is 14.5 Å². The summed E-state index contributed by atoms with van der Waals surface area (Å²) in [6, 6.07) is 0. The maximum absolute atomic E-state index is 5.72. The van der Waals surface area contributed by atoms with E-state index in [1.807, 2.05) is 0 Å². The lowest BCUT2D eigenvalue weighted by Crippen LogP contribution is -2.44. The predicted molar refractivity (Wildman–Crippen MR) is 70.4 cm³/mol. The highest BCUT2D eigenvalue weighted by atomic mass is 127. The van der Waals surface area contributed by atoms with Gasteiger partial charge in [-0.25, -0.2) is 9.78 Å². The normalized spacial score (nSPS) is 44.8. The third-order valence-corrected chi connectivity index (χ3v) is 5.60. The van der Waals surface area contributed by atoms with Crippen LogP contribution in [0.5, 0.6) is 0 Å². The number of ether oxygens (including phenoxy) is 1. The minimum atomic E-state index is -0.470. The summed E-state index contributed by atoms with van der Waals surface area (Å²) in [7, 11) is 1.74. The van der Waals surface area contributed by atoms with Gasteiger partial charge in [0, 0.05) is 23.9 Å². The van der Waals surface area contributed by atoms with E-state index in [1.54, 1.807) is 7.11 Å². The molecule has 2 aliphatic rings. The van der Waals surface area contributed by atoms with Crippen molar-refractivity contribution in [3.63, 3.8) is 0 Å². The fourth-order valence-electron chi connectivity index (χ4n) is 2.74. The van der Waals surface area contributed by atoms with Crippen LogP contribution in [-0.2, 0) is 14.5 Å². The zero-order valence-electron chi connectivity index (χ0n) is 10.1. The second kappa shape index (κ2) is 5.08. The largest absolute Gasteiger partial charge is 0.350 e. The molecule has 1 aliphatic carbocycles. The molecule has 0 spiro atoms. The van der Waals surface area contributed by atoms with E-state index in [9.17, 15) is 0 Å². The van der Waals surface area contributed by atoms with E-state index in [0.29, 0.717) is 5.92 Å². The molecule has 4 heteroatoms. The molecule has 1 unspecified atom stereocenters. The molecule has 94 valence electrons. The van der Waals surface area contributed by atoms with Crippen LogP contribution in [-0.4, -0.2) is 22.9 Å². The Kier molecular flexibility index (Phi) is 4.14. The molecule has 3 atom stereocenters. The Labute approximate surface area is 111 Å². The molecule has 2 fully saturated rings. The number of alkyl halides is 1. The Hall–Kier alpha value is 0.610. The van der Waals surface area contributed by atoms with Crippen LogP contribution in [0.4, 0.5) is 0 Å². The van der Waals surface area contributed by atoms with E-state index in [2.05, 4.69) is 29.5 Å². The van der Waals surface area contributed by atoms with Crippen molar-refractivity contribution in [2.45, 2.75) is 56.8 Å². The van der Waals surface area contributed by atoms with E-state index in [-0.39, 0.29) is 5.60 Å². The van der Waals surface area contributed by atoms with Crippen LogP contribution in [0, 0.1) is 5.92 Å². The van der Waals surface area contributed by atoms with Crippen molar-refractivity contribution in [2.24, 2.45) is 5.92 Å². The summed E-state index contributed by atoms with van der Waals surface area (Å²) < 4.78 is 6.61. The molecule has 0 bridgehead atoms. The van der Waals surface area contributed by atoms with Gasteiger partial charge in [0.2, 0.25) is 5.79 Å². The molecule has 0 radical (unpaired) electrons. The highest BCUT2D eigenvalue weighted by Crippen LogP contribution is 2.44. The van der Waals surface area contributed by atoms with Gasteiger partial charge in [-0.1, -0.05) is 29.0 Å². The Morgan fingerprint density at radius 1 is 1.25 bits per heavy atom. The molecule has 0 N–H and O–H groups in total. The summed E-state index contributed by atoms with van der Waals surface area (Å²) in [4.78, 5) is 11.4. The highest BCUT2D eigenvalue weighted by molar-refractivity contribution is 14.1. The summed E-state index contributed by atoms with van der Waals surface area (Å²) in [6.45, 7) is 2.13. The average molecular weight is 340 g/mol. The third kappa shape index (κ3) is 2.40. The first-order valence-corrected chi connectivity index (χ1v) is 7.65. The first-order valence-electron chi connectivity index (χ1n) is 6.12. The Morgan fingerprint density at radius 2 is 2.06 bits per heavy atom. The van der Waals surface area contributed by atoms with Gasteiger partial charge in [0.1, 0.15) is 5.60 Å². The third-order valence-electron chi connectivity index (χ3n) is 3.98. The van der Waals surface area contributed by atoms with Gasteiger partial charge in [-0.15, -0.1) is 0 Å². The average Bonchev–Trinajstić information content (AvgIpc) is 2.49. The lowest BCUT2D eigenvalue weighted by molar-refractivity contribution is -0.463. The number of methoxy groups -OCH3 is 1. The highest BCUT2D eigenvalue weighted by Gasteiger charge is 2.48. The SMILES string of the molecule is CO[C@]12CCCC[C@H]1CCC(C)(CI)OO2. The molecule has 0 aromatic carbocycles. The quantitative estimate of drug-likeness (QED) is 0.438. The van der Waals surface area contributed by atoms with Crippen molar-refractivity contribution in [2.75, 3.05) is 11.5 Å². The molecule has 1 heterocycles. The lowest BCUT2D eigenvalue weighted by Gasteiger charge is -2.39. The molecule has 0 amide bonds. The molecule has 1 saturated heterocycles. The Morgan fingerprint density at radius 3 is 2.75 bits per heavy atom. The topological polar surface area (TPSA) is 27.7 Å². The van der Waals surface area contributed by atoms with E-state index < -0.39 is 5.79 Å². The summed E-state index contributed by atoms with van der Waals surface area (Å²) in [5, 5.41) is 0. The smallest absolute Gasteiger partial charge is 0.204 e. The molecule has 16 heavy (non-hydrogen) atoms. The van der Waals surface area contributed by atoms with Gasteiger partial charge in [-0.3, -0.25) is 0 Å². The molecule has 1 aliphatic heterocycles. The molecular weight excluding hydrogens is 319 g/mol. The monoisotopic (exact) mass is 340 g/mol. The fraction of sp³-hybridized carbons (Fsp3) is 1.00. The van der Waals surface area contributed by atoms with Crippen molar-refractivity contribution >= 4 is 22.6 Å². The van der Waals surface area contributed by atoms with E-state index >= 15 is 0 Å². The minimum Gasteiger partial charge on any atom is -0.350 e. The summed E-state index contributed by atoms with van der Waals surface area (Å²) in [5.41, 5.74) is -0.149. The molecule has 2 rings (SSSR count). The zero-order valence-corrected chi connectivity index (χ0v) is 12.3. The zero-order chi connectivity index (χ0) is 11.6. The number of rotatable bonds is 2. The lowest BCUT2D eigenvalue weighted by atomic mass is 9.79. The molecule has 3 nitrogen and oxygen atoms in total. The molecule has 0 aromatic rings. The number of fused-ring (bicyclic) bond motifs is 1. The molecular formula is C12H21IO3. The van der Waals surface area contributed by atoms with E-state index in [1.165, 1.54) is 19.3 Å². The minimum absolute atomic E-state index is 0.149. The molecule has 0 aromatic heterocycles. The van der Waals surface area contributed by atoms with Crippen LogP contribution < -0.4 is 0 Å². The van der Waals surface area contributed by atoms with Crippen molar-refractivity contribution in [3.8, 4) is 0 Å². The van der Waals surface area contributed by atoms with Gasteiger partial charge in [-0.2, -0.15) is 0 Å². The van der Waals surface area contributed by atoms with Crippen LogP contribution in [0.2, 0.25) is 0 Å². The first kappa shape index (κ1) is 13.1. The number of hydrogen-bond donors (Lipinski definition) is 0. The standard InChI is InChI=1S/C12H21IO3/c1-11(9-13)8-6-10-5-3-4-7-12(10,14-2)16-15-11/h10H,3-9H2,1-2H3/t10-,11?,12-/m0/s1. The van der Waals surface area contributed by atoms with Crippen LogP contribution >= 0.6 is 22.6 Å². The van der Waals surface area contributed by atoms with Crippen molar-refractivity contribution in [3.05, 3.63) is 0 Å². The van der Waals surface area contributed by atoms with Gasteiger partial charge in [0.15, 0.2) is 0 Å². The van der Waals surface area contributed by atoms with Crippen LogP contribution in [0.1, 0.15) is 45.4 Å². The Bertz CT molecular complexity index is 248. The van der Waals surface area contributed by atoms with Gasteiger partial charge in [-0.05, 0) is 32.6 Å². The predicted octanol–water partition coefficient (Wildman–Crippen LogP) is 3.46. The fourth-order valence-corrected chi connectivity index (χ4v) is 3.25. The van der Waals surface area contributed by atoms with Gasteiger partial charge >= 0.3 is 0 Å². The molecule has 1 saturated carbocycles. The number of hydrogen-bond acceptors (Lipinski definition) is 3.